The van der Waals surface area contributed by atoms with E-state index in [4.69, 9.17) is 5.73 Å². The predicted molar refractivity (Wildman–Crippen MR) is 76.1 cm³/mol. The maximum Gasteiger partial charge on any atom is 0.256 e. The summed E-state index contributed by atoms with van der Waals surface area (Å²) in [5.74, 6) is 0.309. The number of H-pyrrole nitrogens is 1. The third-order valence-corrected chi connectivity index (χ3v) is 4.92. The van der Waals surface area contributed by atoms with Crippen LogP contribution in [-0.4, -0.2) is 39.9 Å². The van der Waals surface area contributed by atoms with Crippen molar-refractivity contribution < 1.29 is 9.18 Å². The predicted octanol–water partition coefficient (Wildman–Crippen LogP) is 1.51. The van der Waals surface area contributed by atoms with E-state index in [-0.39, 0.29) is 11.9 Å². The SMILES string of the molecule is NC1CCC2CN(C(=O)c3cc(F)cc4[nH]cnc34)CC12. The summed E-state index contributed by atoms with van der Waals surface area (Å²) in [5.41, 5.74) is 7.52. The molecule has 2 aliphatic rings. The van der Waals surface area contributed by atoms with Crippen LogP contribution in [0.25, 0.3) is 11.0 Å². The van der Waals surface area contributed by atoms with Crippen LogP contribution in [0, 0.1) is 17.7 Å². The molecule has 3 N–H and O–H groups in total. The maximum absolute atomic E-state index is 13.7. The van der Waals surface area contributed by atoms with Crippen molar-refractivity contribution in [2.75, 3.05) is 13.1 Å². The average Bonchev–Trinajstić information content (AvgIpc) is 3.14. The van der Waals surface area contributed by atoms with Crippen LogP contribution in [0.4, 0.5) is 4.39 Å². The molecule has 1 saturated heterocycles. The summed E-state index contributed by atoms with van der Waals surface area (Å²) in [6.07, 6.45) is 3.60. The van der Waals surface area contributed by atoms with E-state index in [1.807, 2.05) is 0 Å². The molecule has 1 saturated carbocycles. The first kappa shape index (κ1) is 12.8. The molecule has 1 aliphatic carbocycles. The van der Waals surface area contributed by atoms with Crippen LogP contribution in [-0.2, 0) is 0 Å². The molecule has 0 spiro atoms. The van der Waals surface area contributed by atoms with Crippen LogP contribution >= 0.6 is 0 Å². The van der Waals surface area contributed by atoms with Crippen molar-refractivity contribution in [3.05, 3.63) is 29.8 Å². The van der Waals surface area contributed by atoms with Crippen molar-refractivity contribution >= 4 is 16.9 Å². The number of hydrogen-bond acceptors (Lipinski definition) is 3. The fraction of sp³-hybridized carbons (Fsp3) is 0.467. The van der Waals surface area contributed by atoms with Crippen molar-refractivity contribution in [3.63, 3.8) is 0 Å². The van der Waals surface area contributed by atoms with E-state index in [2.05, 4.69) is 9.97 Å². The van der Waals surface area contributed by atoms with Crippen molar-refractivity contribution in [1.29, 1.82) is 0 Å². The van der Waals surface area contributed by atoms with Gasteiger partial charge < -0.3 is 15.6 Å². The fourth-order valence-electron chi connectivity index (χ4n) is 3.82. The summed E-state index contributed by atoms with van der Waals surface area (Å²) in [5, 5.41) is 0. The molecule has 110 valence electrons. The molecule has 1 aromatic carbocycles. The Labute approximate surface area is 121 Å². The van der Waals surface area contributed by atoms with Crippen LogP contribution in [0.2, 0.25) is 0 Å². The van der Waals surface area contributed by atoms with Gasteiger partial charge in [-0.3, -0.25) is 4.79 Å². The highest BCUT2D eigenvalue weighted by Gasteiger charge is 2.42. The van der Waals surface area contributed by atoms with E-state index >= 15 is 0 Å². The van der Waals surface area contributed by atoms with Crippen LogP contribution in [0.1, 0.15) is 23.2 Å². The minimum atomic E-state index is -0.425. The topological polar surface area (TPSA) is 75.0 Å². The molecule has 0 bridgehead atoms. The quantitative estimate of drug-likeness (QED) is 0.835. The average molecular weight is 288 g/mol. The number of likely N-dealkylation sites (tertiary alicyclic amines) is 1. The molecule has 4 rings (SSSR count). The minimum absolute atomic E-state index is 0.145. The number of nitrogens with zero attached hydrogens (tertiary/aromatic N) is 2. The van der Waals surface area contributed by atoms with Gasteiger partial charge in [0.15, 0.2) is 0 Å². The zero-order valence-corrected chi connectivity index (χ0v) is 11.6. The van der Waals surface area contributed by atoms with Gasteiger partial charge >= 0.3 is 0 Å². The number of nitrogens with two attached hydrogens (primary N) is 1. The van der Waals surface area contributed by atoms with Crippen LogP contribution < -0.4 is 5.73 Å². The van der Waals surface area contributed by atoms with E-state index in [0.29, 0.717) is 35.0 Å². The number of rotatable bonds is 1. The Morgan fingerprint density at radius 1 is 1.38 bits per heavy atom. The summed E-state index contributed by atoms with van der Waals surface area (Å²) in [7, 11) is 0. The number of fused-ring (bicyclic) bond motifs is 2. The number of amides is 1. The van der Waals surface area contributed by atoms with E-state index in [1.54, 1.807) is 4.90 Å². The first-order valence-corrected chi connectivity index (χ1v) is 7.31. The number of aromatic amines is 1. The number of nitrogens with one attached hydrogen (secondary N) is 1. The molecule has 2 fully saturated rings. The number of hydrogen-bond donors (Lipinski definition) is 2. The maximum atomic E-state index is 13.7. The molecule has 3 atom stereocenters. The van der Waals surface area contributed by atoms with Crippen molar-refractivity contribution in [3.8, 4) is 0 Å². The summed E-state index contributed by atoms with van der Waals surface area (Å²) in [6, 6.07) is 2.82. The van der Waals surface area contributed by atoms with Crippen molar-refractivity contribution in [2.45, 2.75) is 18.9 Å². The van der Waals surface area contributed by atoms with Gasteiger partial charge in [-0.15, -0.1) is 0 Å². The van der Waals surface area contributed by atoms with Gasteiger partial charge in [-0.2, -0.15) is 0 Å². The fourth-order valence-corrected chi connectivity index (χ4v) is 3.82. The number of benzene rings is 1. The molecule has 1 aromatic heterocycles. The molecular weight excluding hydrogens is 271 g/mol. The molecule has 1 aliphatic heterocycles. The number of halogens is 1. The first-order valence-electron chi connectivity index (χ1n) is 7.31. The minimum Gasteiger partial charge on any atom is -0.344 e. The lowest BCUT2D eigenvalue weighted by Gasteiger charge is -2.19. The van der Waals surface area contributed by atoms with Crippen molar-refractivity contribution in [1.82, 2.24) is 14.9 Å². The molecule has 0 radical (unpaired) electrons. The Balaban J connectivity index is 1.67. The van der Waals surface area contributed by atoms with Gasteiger partial charge in [0.25, 0.3) is 5.91 Å². The van der Waals surface area contributed by atoms with Gasteiger partial charge in [-0.25, -0.2) is 9.37 Å². The lowest BCUT2D eigenvalue weighted by Crippen LogP contribution is -2.33. The van der Waals surface area contributed by atoms with Gasteiger partial charge in [0.1, 0.15) is 11.3 Å². The van der Waals surface area contributed by atoms with E-state index in [9.17, 15) is 9.18 Å². The number of carbonyl (C=O) groups is 1. The largest absolute Gasteiger partial charge is 0.344 e. The highest BCUT2D eigenvalue weighted by atomic mass is 19.1. The molecule has 2 heterocycles. The Morgan fingerprint density at radius 3 is 3.05 bits per heavy atom. The lowest BCUT2D eigenvalue weighted by atomic mass is 9.98. The summed E-state index contributed by atoms with van der Waals surface area (Å²) in [6.45, 7) is 1.40. The Bertz CT molecular complexity index is 713. The number of carbonyl (C=O) groups excluding carboxylic acids is 1. The lowest BCUT2D eigenvalue weighted by molar-refractivity contribution is 0.0781. The molecule has 1 amide bonds. The van der Waals surface area contributed by atoms with Gasteiger partial charge in [0.2, 0.25) is 0 Å². The summed E-state index contributed by atoms with van der Waals surface area (Å²) in [4.78, 5) is 21.5. The molecule has 6 heteroatoms. The molecule has 3 unspecified atom stereocenters. The van der Waals surface area contributed by atoms with E-state index in [1.165, 1.54) is 18.5 Å². The highest BCUT2D eigenvalue weighted by molar-refractivity contribution is 6.04. The van der Waals surface area contributed by atoms with Gasteiger partial charge in [0.05, 0.1) is 17.4 Å². The number of imidazole rings is 1. The molecule has 21 heavy (non-hydrogen) atoms. The van der Waals surface area contributed by atoms with Crippen LogP contribution in [0.3, 0.4) is 0 Å². The zero-order valence-electron chi connectivity index (χ0n) is 11.6. The van der Waals surface area contributed by atoms with E-state index < -0.39 is 5.82 Å². The Hall–Kier alpha value is -1.95. The monoisotopic (exact) mass is 288 g/mol. The second-order valence-corrected chi connectivity index (χ2v) is 6.13. The van der Waals surface area contributed by atoms with E-state index in [0.717, 1.165) is 19.4 Å². The normalized spacial score (nSPS) is 28.3. The summed E-state index contributed by atoms with van der Waals surface area (Å²) < 4.78 is 13.7. The van der Waals surface area contributed by atoms with Crippen molar-refractivity contribution in [2.24, 2.45) is 17.6 Å². The summed E-state index contributed by atoms with van der Waals surface area (Å²) >= 11 is 0. The van der Waals surface area contributed by atoms with Gasteiger partial charge in [0, 0.05) is 19.1 Å². The van der Waals surface area contributed by atoms with Gasteiger partial charge in [-0.05, 0) is 36.8 Å². The standard InChI is InChI=1S/C15H17FN4O/c16-9-3-10(14-13(4-9)18-7-19-14)15(21)20-5-8-1-2-12(17)11(8)6-20/h3-4,7-8,11-12H,1-2,5-6,17H2,(H,18,19). The van der Waals surface area contributed by atoms with Gasteiger partial charge in [-0.1, -0.05) is 0 Å². The Kier molecular flexibility index (Phi) is 2.75. The highest BCUT2D eigenvalue weighted by Crippen LogP contribution is 2.37. The third-order valence-electron chi connectivity index (χ3n) is 4.92. The second kappa shape index (κ2) is 4.53. The Morgan fingerprint density at radius 2 is 2.24 bits per heavy atom. The molecule has 2 aromatic rings. The molecule has 5 nitrogen and oxygen atoms in total. The van der Waals surface area contributed by atoms with Crippen LogP contribution in [0.15, 0.2) is 18.5 Å². The number of aromatic nitrogens is 2. The van der Waals surface area contributed by atoms with Crippen LogP contribution in [0.5, 0.6) is 0 Å². The molecular formula is C15H17FN4O. The first-order chi connectivity index (χ1) is 10.1. The smallest absolute Gasteiger partial charge is 0.256 e. The second-order valence-electron chi connectivity index (χ2n) is 6.13. The third kappa shape index (κ3) is 1.93. The zero-order chi connectivity index (χ0) is 14.6.